The Kier molecular flexibility index (Phi) is 5.15. The zero-order chi connectivity index (χ0) is 17.8. The van der Waals surface area contributed by atoms with Crippen LogP contribution in [0, 0.1) is 18.3 Å². The third-order valence-electron chi connectivity index (χ3n) is 4.85. The van der Waals surface area contributed by atoms with Gasteiger partial charge in [-0.2, -0.15) is 10.4 Å². The van der Waals surface area contributed by atoms with Gasteiger partial charge < -0.3 is 10.0 Å². The average molecular weight is 338 g/mol. The van der Waals surface area contributed by atoms with Gasteiger partial charge in [0.1, 0.15) is 0 Å². The van der Waals surface area contributed by atoms with Crippen molar-refractivity contribution in [2.75, 3.05) is 19.7 Å². The van der Waals surface area contributed by atoms with Crippen LogP contribution in [-0.4, -0.2) is 45.4 Å². The molecule has 1 aromatic carbocycles. The molecule has 0 bridgehead atoms. The molecule has 25 heavy (non-hydrogen) atoms. The van der Waals surface area contributed by atoms with E-state index in [1.54, 1.807) is 24.4 Å². The van der Waals surface area contributed by atoms with Gasteiger partial charge in [0, 0.05) is 36.5 Å². The van der Waals surface area contributed by atoms with Crippen LogP contribution < -0.4 is 0 Å². The normalized spacial score (nSPS) is 15.2. The van der Waals surface area contributed by atoms with Crippen LogP contribution >= 0.6 is 0 Å². The van der Waals surface area contributed by atoms with E-state index in [9.17, 15) is 4.79 Å². The second kappa shape index (κ2) is 7.49. The summed E-state index contributed by atoms with van der Waals surface area (Å²) >= 11 is 0. The van der Waals surface area contributed by atoms with Crippen molar-refractivity contribution >= 4 is 5.91 Å². The average Bonchev–Trinajstić information content (AvgIpc) is 3.10. The van der Waals surface area contributed by atoms with Crippen LogP contribution in [-0.2, 0) is 6.54 Å². The van der Waals surface area contributed by atoms with Gasteiger partial charge in [-0.25, -0.2) is 0 Å². The van der Waals surface area contributed by atoms with Crippen molar-refractivity contribution in [3.05, 3.63) is 52.8 Å². The van der Waals surface area contributed by atoms with Gasteiger partial charge >= 0.3 is 0 Å². The van der Waals surface area contributed by atoms with Gasteiger partial charge in [0.15, 0.2) is 0 Å². The van der Waals surface area contributed by atoms with Crippen LogP contribution in [0.15, 0.2) is 30.5 Å². The maximum Gasteiger partial charge on any atom is 0.254 e. The number of aryl methyl sites for hydroxylation is 1. The smallest absolute Gasteiger partial charge is 0.254 e. The number of benzene rings is 1. The van der Waals surface area contributed by atoms with Crippen LogP contribution in [0.25, 0.3) is 0 Å². The standard InChI is InChI=1S/C19H22N4O2/c1-14-12-15(13-20)2-3-17(14)19(25)22-8-5-16(6-9-22)18-4-7-21-23(18)10-11-24/h2-4,7,12,16,24H,5-6,8-11H2,1H3. The summed E-state index contributed by atoms with van der Waals surface area (Å²) in [7, 11) is 0. The lowest BCUT2D eigenvalue weighted by molar-refractivity contribution is 0.0710. The minimum atomic E-state index is 0.0318. The van der Waals surface area contributed by atoms with E-state index in [0.717, 1.165) is 24.1 Å². The topological polar surface area (TPSA) is 82.2 Å². The van der Waals surface area contributed by atoms with E-state index < -0.39 is 0 Å². The Morgan fingerprint density at radius 1 is 1.36 bits per heavy atom. The van der Waals surface area contributed by atoms with Gasteiger partial charge in [-0.05, 0) is 49.6 Å². The Morgan fingerprint density at radius 2 is 2.12 bits per heavy atom. The van der Waals surface area contributed by atoms with E-state index >= 15 is 0 Å². The number of nitrogens with zero attached hydrogens (tertiary/aromatic N) is 4. The quantitative estimate of drug-likeness (QED) is 0.925. The number of aromatic nitrogens is 2. The molecule has 1 aliphatic rings. The van der Waals surface area contributed by atoms with E-state index in [4.69, 9.17) is 10.4 Å². The van der Waals surface area contributed by atoms with E-state index in [2.05, 4.69) is 11.2 Å². The molecular weight excluding hydrogens is 316 g/mol. The van der Waals surface area contributed by atoms with E-state index in [0.29, 0.717) is 36.7 Å². The molecule has 1 saturated heterocycles. The van der Waals surface area contributed by atoms with Crippen molar-refractivity contribution in [2.24, 2.45) is 0 Å². The van der Waals surface area contributed by atoms with E-state index in [-0.39, 0.29) is 12.5 Å². The fourth-order valence-electron chi connectivity index (χ4n) is 3.49. The Hall–Kier alpha value is -2.65. The maximum atomic E-state index is 12.8. The number of carbonyl (C=O) groups is 1. The van der Waals surface area contributed by atoms with Crippen molar-refractivity contribution < 1.29 is 9.90 Å². The largest absolute Gasteiger partial charge is 0.394 e. The molecule has 2 heterocycles. The number of amides is 1. The fourth-order valence-corrected chi connectivity index (χ4v) is 3.49. The summed E-state index contributed by atoms with van der Waals surface area (Å²) in [5.74, 6) is 0.393. The number of piperidine rings is 1. The number of nitriles is 1. The molecule has 0 unspecified atom stereocenters. The zero-order valence-corrected chi connectivity index (χ0v) is 14.4. The highest BCUT2D eigenvalue weighted by atomic mass is 16.3. The van der Waals surface area contributed by atoms with Crippen molar-refractivity contribution in [3.8, 4) is 6.07 Å². The summed E-state index contributed by atoms with van der Waals surface area (Å²) in [4.78, 5) is 14.7. The predicted molar refractivity (Wildman–Crippen MR) is 93.1 cm³/mol. The molecule has 130 valence electrons. The molecule has 1 N–H and O–H groups in total. The van der Waals surface area contributed by atoms with Gasteiger partial charge in [0.2, 0.25) is 0 Å². The molecule has 0 saturated carbocycles. The Balaban J connectivity index is 1.67. The first-order valence-corrected chi connectivity index (χ1v) is 8.56. The van der Waals surface area contributed by atoms with Crippen molar-refractivity contribution in [1.29, 1.82) is 5.26 Å². The summed E-state index contributed by atoms with van der Waals surface area (Å²) in [6.45, 7) is 3.85. The molecule has 6 nitrogen and oxygen atoms in total. The number of hydrogen-bond donors (Lipinski definition) is 1. The SMILES string of the molecule is Cc1cc(C#N)ccc1C(=O)N1CCC(c2ccnn2CCO)CC1. The van der Waals surface area contributed by atoms with Crippen LogP contribution in [0.3, 0.4) is 0 Å². The second-order valence-corrected chi connectivity index (χ2v) is 6.41. The first-order chi connectivity index (χ1) is 12.1. The van der Waals surface area contributed by atoms with Gasteiger partial charge in [0.25, 0.3) is 5.91 Å². The summed E-state index contributed by atoms with van der Waals surface area (Å²) in [6, 6.07) is 9.30. The van der Waals surface area contributed by atoms with Gasteiger partial charge in [-0.3, -0.25) is 9.48 Å². The highest BCUT2D eigenvalue weighted by Crippen LogP contribution is 2.29. The summed E-state index contributed by atoms with van der Waals surface area (Å²) < 4.78 is 1.85. The third-order valence-corrected chi connectivity index (χ3v) is 4.85. The lowest BCUT2D eigenvalue weighted by atomic mass is 9.92. The van der Waals surface area contributed by atoms with Crippen LogP contribution in [0.5, 0.6) is 0 Å². The van der Waals surface area contributed by atoms with Crippen LogP contribution in [0.4, 0.5) is 0 Å². The molecule has 0 radical (unpaired) electrons. The molecule has 0 aliphatic carbocycles. The molecule has 1 amide bonds. The predicted octanol–water partition coefficient (Wildman–Crippen LogP) is 2.08. The van der Waals surface area contributed by atoms with Crippen LogP contribution in [0.2, 0.25) is 0 Å². The zero-order valence-electron chi connectivity index (χ0n) is 14.4. The Bertz CT molecular complexity index is 798. The molecule has 6 heteroatoms. The van der Waals surface area contributed by atoms with Crippen molar-refractivity contribution in [1.82, 2.24) is 14.7 Å². The minimum Gasteiger partial charge on any atom is -0.394 e. The number of rotatable bonds is 4. The molecule has 2 aromatic rings. The van der Waals surface area contributed by atoms with E-state index in [1.807, 2.05) is 22.6 Å². The summed E-state index contributed by atoms with van der Waals surface area (Å²) in [5.41, 5.74) is 3.22. The molecule has 1 aromatic heterocycles. The Morgan fingerprint density at radius 3 is 2.76 bits per heavy atom. The monoisotopic (exact) mass is 338 g/mol. The lowest BCUT2D eigenvalue weighted by Gasteiger charge is -2.32. The van der Waals surface area contributed by atoms with Gasteiger partial charge in [-0.15, -0.1) is 0 Å². The third kappa shape index (κ3) is 3.57. The van der Waals surface area contributed by atoms with Gasteiger partial charge in [0.05, 0.1) is 24.8 Å². The minimum absolute atomic E-state index is 0.0318. The number of aliphatic hydroxyl groups excluding tert-OH is 1. The number of carbonyl (C=O) groups excluding carboxylic acids is 1. The van der Waals surface area contributed by atoms with Crippen molar-refractivity contribution in [3.63, 3.8) is 0 Å². The first kappa shape index (κ1) is 17.2. The molecule has 0 atom stereocenters. The van der Waals surface area contributed by atoms with Crippen LogP contribution in [0.1, 0.15) is 45.9 Å². The molecule has 3 rings (SSSR count). The fraction of sp³-hybridized carbons (Fsp3) is 0.421. The second-order valence-electron chi connectivity index (χ2n) is 6.41. The molecule has 1 fully saturated rings. The summed E-state index contributed by atoms with van der Waals surface area (Å²) in [6.07, 6.45) is 3.54. The molecule has 1 aliphatic heterocycles. The number of aliphatic hydroxyl groups is 1. The highest BCUT2D eigenvalue weighted by Gasteiger charge is 2.27. The lowest BCUT2D eigenvalue weighted by Crippen LogP contribution is -2.38. The van der Waals surface area contributed by atoms with E-state index in [1.165, 1.54) is 0 Å². The van der Waals surface area contributed by atoms with Crippen molar-refractivity contribution in [2.45, 2.75) is 32.2 Å². The summed E-state index contributed by atoms with van der Waals surface area (Å²) in [5, 5.41) is 22.3. The first-order valence-electron chi connectivity index (χ1n) is 8.56. The maximum absolute atomic E-state index is 12.8. The highest BCUT2D eigenvalue weighted by molar-refractivity contribution is 5.95. The van der Waals surface area contributed by atoms with Gasteiger partial charge in [-0.1, -0.05) is 0 Å². The molecule has 0 spiro atoms. The Labute approximate surface area is 147 Å². The number of hydrogen-bond acceptors (Lipinski definition) is 4. The number of likely N-dealkylation sites (tertiary alicyclic amines) is 1. The molecular formula is C19H22N4O2.